The highest BCUT2D eigenvalue weighted by atomic mass is 19.1. The Bertz CT molecular complexity index is 1910. The summed E-state index contributed by atoms with van der Waals surface area (Å²) in [7, 11) is 0. The third-order valence-corrected chi connectivity index (χ3v) is 8.03. The number of pyridine rings is 1. The molecule has 4 aromatic carbocycles. The molecular weight excluding hydrogens is 420 g/mol. The van der Waals surface area contributed by atoms with Gasteiger partial charge in [0.05, 0.1) is 11.1 Å². The van der Waals surface area contributed by atoms with E-state index in [0.717, 1.165) is 66.1 Å². The lowest BCUT2D eigenvalue weighted by molar-refractivity contribution is -0.539. The molecule has 0 fully saturated rings. The maximum atomic E-state index is 18.6. The predicted octanol–water partition coefficient (Wildman–Crippen LogP) is 6.50. The van der Waals surface area contributed by atoms with E-state index >= 15 is 4.32 Å². The number of halogens is 1. The van der Waals surface area contributed by atoms with Gasteiger partial charge in [0.2, 0.25) is 0 Å². The fourth-order valence-corrected chi connectivity index (χ4v) is 6.86. The van der Waals surface area contributed by atoms with E-state index in [2.05, 4.69) is 78.9 Å². The molecule has 2 aliphatic rings. The maximum absolute atomic E-state index is 18.6. The number of para-hydroxylation sites is 4. The van der Waals surface area contributed by atoms with Crippen LogP contribution in [0.15, 0.2) is 103 Å². The third-order valence-electron chi connectivity index (χ3n) is 8.03. The number of aromatic nitrogens is 3. The van der Waals surface area contributed by atoms with Crippen LogP contribution in [0.3, 0.4) is 0 Å². The van der Waals surface area contributed by atoms with E-state index in [9.17, 15) is 0 Å². The van der Waals surface area contributed by atoms with Crippen molar-refractivity contribution in [3.05, 3.63) is 103 Å². The standard InChI is InChI=1S/C29H17BFN3/c31-30-32-26(22-12-5-10-20-18-8-1-3-14-24(18)33(30)28(20)22)16-7-17-27(32)23-13-6-11-21-19-9-2-4-15-25(19)34(30)29(21)23/h1-17H. The largest absolute Gasteiger partial charge is 0.667 e. The monoisotopic (exact) mass is 437 g/mol. The van der Waals surface area contributed by atoms with Crippen molar-refractivity contribution in [3.8, 4) is 22.5 Å². The number of benzene rings is 4. The molecule has 0 N–H and O–H groups in total. The third kappa shape index (κ3) is 1.63. The van der Waals surface area contributed by atoms with E-state index in [4.69, 9.17) is 0 Å². The Morgan fingerprint density at radius 3 is 1.47 bits per heavy atom. The summed E-state index contributed by atoms with van der Waals surface area (Å²) in [6.45, 7) is -2.92. The minimum absolute atomic E-state index is 0.918. The quantitative estimate of drug-likeness (QED) is 0.241. The Hall–Kier alpha value is -4.38. The van der Waals surface area contributed by atoms with Crippen LogP contribution in [-0.4, -0.2) is 15.8 Å². The second-order valence-corrected chi connectivity index (χ2v) is 9.48. The second kappa shape index (κ2) is 5.40. The molecule has 0 amide bonds. The van der Waals surface area contributed by atoms with Crippen LogP contribution in [0.1, 0.15) is 0 Å². The number of fused-ring (bicyclic) bond motifs is 10. The summed E-state index contributed by atoms with van der Waals surface area (Å²) in [6, 6.07) is 35.3. The van der Waals surface area contributed by atoms with Crippen molar-refractivity contribution in [2.75, 3.05) is 0 Å². The predicted molar refractivity (Wildman–Crippen MR) is 137 cm³/mol. The highest BCUT2D eigenvalue weighted by Crippen LogP contribution is 2.46. The minimum atomic E-state index is -2.92. The van der Waals surface area contributed by atoms with E-state index in [1.54, 1.807) is 0 Å². The minimum Gasteiger partial charge on any atom is -0.400 e. The first-order chi connectivity index (χ1) is 16.8. The zero-order valence-electron chi connectivity index (χ0n) is 18.1. The van der Waals surface area contributed by atoms with E-state index in [1.807, 2.05) is 37.7 Å². The van der Waals surface area contributed by atoms with Crippen molar-refractivity contribution in [2.24, 2.45) is 0 Å². The first-order valence-electron chi connectivity index (χ1n) is 11.7. The molecule has 0 atom stereocenters. The Balaban J connectivity index is 1.66. The van der Waals surface area contributed by atoms with Gasteiger partial charge in [0.15, 0.2) is 11.4 Å². The molecule has 34 heavy (non-hydrogen) atoms. The van der Waals surface area contributed by atoms with Crippen LogP contribution in [0.5, 0.6) is 0 Å². The van der Waals surface area contributed by atoms with Gasteiger partial charge >= 0.3 is 6.83 Å². The molecule has 5 heteroatoms. The summed E-state index contributed by atoms with van der Waals surface area (Å²) < 4.78 is 24.5. The van der Waals surface area contributed by atoms with Crippen molar-refractivity contribution < 1.29 is 8.79 Å². The molecule has 0 saturated heterocycles. The van der Waals surface area contributed by atoms with Crippen LogP contribution in [0.25, 0.3) is 66.1 Å². The number of rotatable bonds is 0. The van der Waals surface area contributed by atoms with Crippen LogP contribution in [0, 0.1) is 0 Å². The molecule has 3 nitrogen and oxygen atoms in total. The van der Waals surface area contributed by atoms with Gasteiger partial charge in [-0.25, -0.2) is 0 Å². The van der Waals surface area contributed by atoms with Gasteiger partial charge in [0.1, 0.15) is 0 Å². The fraction of sp³-hybridized carbons (Fsp3) is 0. The van der Waals surface area contributed by atoms with E-state index < -0.39 is 6.83 Å². The summed E-state index contributed by atoms with van der Waals surface area (Å²) >= 11 is 0. The second-order valence-electron chi connectivity index (χ2n) is 9.48. The molecule has 0 bridgehead atoms. The van der Waals surface area contributed by atoms with Gasteiger partial charge in [-0.2, -0.15) is 0 Å². The van der Waals surface area contributed by atoms with Crippen LogP contribution in [0.2, 0.25) is 0 Å². The number of nitrogens with zero attached hydrogens (tertiary/aromatic N) is 3. The van der Waals surface area contributed by atoms with Crippen molar-refractivity contribution in [3.63, 3.8) is 0 Å². The molecule has 158 valence electrons. The van der Waals surface area contributed by atoms with Gasteiger partial charge in [-0.15, -0.1) is 0 Å². The van der Waals surface area contributed by atoms with Crippen molar-refractivity contribution in [1.82, 2.24) is 8.96 Å². The molecule has 3 aromatic heterocycles. The van der Waals surface area contributed by atoms with Crippen LogP contribution in [0.4, 0.5) is 4.32 Å². The zero-order chi connectivity index (χ0) is 22.2. The summed E-state index contributed by atoms with van der Waals surface area (Å²) in [4.78, 5) is 0. The lowest BCUT2D eigenvalue weighted by Crippen LogP contribution is -2.75. The number of hydrogen-bond acceptors (Lipinski definition) is 0. The summed E-state index contributed by atoms with van der Waals surface area (Å²) in [5, 5.41) is 4.35. The SMILES string of the molecule is F[B-]12n3c4ccccc4c4cccc(c43)-c3cccc([n+]31)-c1cccc3c4ccccc4n2c13. The van der Waals surface area contributed by atoms with E-state index in [1.165, 1.54) is 0 Å². The van der Waals surface area contributed by atoms with Crippen LogP contribution < -0.4 is 4.48 Å². The Kier molecular flexibility index (Phi) is 2.72. The van der Waals surface area contributed by atoms with Crippen molar-refractivity contribution in [2.45, 2.75) is 0 Å². The summed E-state index contributed by atoms with van der Waals surface area (Å²) in [6.07, 6.45) is 0. The highest BCUT2D eigenvalue weighted by molar-refractivity contribution is 6.68. The highest BCUT2D eigenvalue weighted by Gasteiger charge is 2.55. The Morgan fingerprint density at radius 2 is 0.941 bits per heavy atom. The molecule has 9 rings (SSSR count). The molecule has 0 saturated carbocycles. The molecule has 7 aromatic rings. The maximum Gasteiger partial charge on any atom is 0.667 e. The van der Waals surface area contributed by atoms with Gasteiger partial charge < -0.3 is 17.7 Å². The average molecular weight is 437 g/mol. The number of hydrogen-bond donors (Lipinski definition) is 0. The first-order valence-corrected chi connectivity index (χ1v) is 11.7. The normalized spacial score (nSPS) is 14.9. The van der Waals surface area contributed by atoms with Crippen molar-refractivity contribution in [1.29, 1.82) is 0 Å². The zero-order valence-corrected chi connectivity index (χ0v) is 18.1. The lowest BCUT2D eigenvalue weighted by Gasteiger charge is -2.41. The molecule has 0 radical (unpaired) electrons. The summed E-state index contributed by atoms with van der Waals surface area (Å²) in [5.74, 6) is 0. The van der Waals surface area contributed by atoms with Crippen LogP contribution >= 0.6 is 0 Å². The smallest absolute Gasteiger partial charge is 0.400 e. The van der Waals surface area contributed by atoms with Gasteiger partial charge in [-0.1, -0.05) is 60.7 Å². The molecule has 0 unspecified atom stereocenters. The van der Waals surface area contributed by atoms with Crippen LogP contribution in [-0.2, 0) is 0 Å². The first kappa shape index (κ1) is 17.1. The topological polar surface area (TPSA) is 13.7 Å². The average Bonchev–Trinajstić information content (AvgIpc) is 3.41. The summed E-state index contributed by atoms with van der Waals surface area (Å²) in [5.41, 5.74) is 7.75. The molecule has 0 spiro atoms. The van der Waals surface area contributed by atoms with Gasteiger partial charge in [0.25, 0.3) is 0 Å². The fourth-order valence-electron chi connectivity index (χ4n) is 6.86. The lowest BCUT2D eigenvalue weighted by atomic mass is 9.75. The molecular formula is C29H17BFN3. The van der Waals surface area contributed by atoms with Gasteiger partial charge in [-0.3, -0.25) is 0 Å². The molecule has 0 aliphatic carbocycles. The Labute approximate surface area is 193 Å². The Morgan fingerprint density at radius 1 is 0.500 bits per heavy atom. The van der Waals surface area contributed by atoms with E-state index in [0.29, 0.717) is 0 Å². The molecule has 2 aliphatic heterocycles. The van der Waals surface area contributed by atoms with Gasteiger partial charge in [-0.05, 0) is 30.3 Å². The van der Waals surface area contributed by atoms with E-state index in [-0.39, 0.29) is 0 Å². The van der Waals surface area contributed by atoms with Gasteiger partial charge in [0, 0.05) is 55.7 Å². The molecule has 5 heterocycles. The van der Waals surface area contributed by atoms with Crippen molar-refractivity contribution >= 4 is 50.4 Å².